The Morgan fingerprint density at radius 1 is 0.852 bits per heavy atom. The predicted molar refractivity (Wildman–Crippen MR) is 101 cm³/mol. The molecule has 0 aromatic heterocycles. The number of allylic oxidation sites excluding steroid dienone is 1. The van der Waals surface area contributed by atoms with Crippen LogP contribution in [0.4, 0.5) is 17.6 Å². The van der Waals surface area contributed by atoms with Gasteiger partial charge in [0.25, 0.3) is 0 Å². The van der Waals surface area contributed by atoms with Crippen LogP contribution in [0.2, 0.25) is 0 Å². The second-order valence-corrected chi connectivity index (χ2v) is 7.37. The van der Waals surface area contributed by atoms with Gasteiger partial charge < -0.3 is 0 Å². The molecule has 0 N–H and O–H groups in total. The third-order valence-corrected chi connectivity index (χ3v) is 5.64. The van der Waals surface area contributed by atoms with Crippen molar-refractivity contribution in [1.82, 2.24) is 0 Å². The van der Waals surface area contributed by atoms with Gasteiger partial charge in [-0.3, -0.25) is 0 Å². The number of benzene rings is 2. The second-order valence-electron chi connectivity index (χ2n) is 7.37. The molecule has 2 aromatic rings. The summed E-state index contributed by atoms with van der Waals surface area (Å²) in [5.74, 6) is -2.85. The lowest BCUT2D eigenvalue weighted by Gasteiger charge is -2.27. The third kappa shape index (κ3) is 4.10. The highest BCUT2D eigenvalue weighted by Crippen LogP contribution is 2.38. The highest BCUT2D eigenvalue weighted by Gasteiger charge is 2.25. The van der Waals surface area contributed by atoms with Crippen LogP contribution < -0.4 is 0 Å². The number of hydrogen-bond acceptors (Lipinski definition) is 0. The van der Waals surface area contributed by atoms with Crippen molar-refractivity contribution in [2.24, 2.45) is 5.92 Å². The van der Waals surface area contributed by atoms with Crippen molar-refractivity contribution in [2.45, 2.75) is 51.9 Å². The van der Waals surface area contributed by atoms with Crippen LogP contribution in [0.25, 0.3) is 6.08 Å². The van der Waals surface area contributed by atoms with E-state index in [2.05, 4.69) is 0 Å². The first-order valence-corrected chi connectivity index (χ1v) is 9.51. The molecule has 3 rings (SSSR count). The molecule has 1 saturated carbocycles. The molecule has 0 heterocycles. The Morgan fingerprint density at radius 2 is 1.56 bits per heavy atom. The minimum atomic E-state index is -0.825. The van der Waals surface area contributed by atoms with Crippen LogP contribution in [0.1, 0.15) is 60.8 Å². The summed E-state index contributed by atoms with van der Waals surface area (Å²) in [6, 6.07) is 6.52. The topological polar surface area (TPSA) is 0 Å². The van der Waals surface area contributed by atoms with Crippen molar-refractivity contribution in [1.29, 1.82) is 0 Å². The smallest absolute Gasteiger partial charge is 0.166 e. The molecular formula is C23H24F4. The number of rotatable bonds is 4. The van der Waals surface area contributed by atoms with Gasteiger partial charge in [-0.1, -0.05) is 43.3 Å². The van der Waals surface area contributed by atoms with Gasteiger partial charge in [-0.2, -0.15) is 0 Å². The lowest BCUT2D eigenvalue weighted by Crippen LogP contribution is -2.14. The van der Waals surface area contributed by atoms with Gasteiger partial charge in [0.1, 0.15) is 0 Å². The molecule has 0 aliphatic heterocycles. The lowest BCUT2D eigenvalue weighted by molar-refractivity contribution is 0.364. The molecule has 0 radical (unpaired) electrons. The Morgan fingerprint density at radius 3 is 2.22 bits per heavy atom. The Bertz CT molecular complexity index is 846. The first kappa shape index (κ1) is 19.7. The van der Waals surface area contributed by atoms with Crippen LogP contribution in [0.5, 0.6) is 0 Å². The van der Waals surface area contributed by atoms with E-state index in [9.17, 15) is 17.6 Å². The number of halogens is 4. The Labute approximate surface area is 157 Å². The summed E-state index contributed by atoms with van der Waals surface area (Å²) in [6.07, 6.45) is 7.13. The Kier molecular flexibility index (Phi) is 6.03. The van der Waals surface area contributed by atoms with Crippen LogP contribution in [0, 0.1) is 36.1 Å². The van der Waals surface area contributed by atoms with Crippen LogP contribution in [0.3, 0.4) is 0 Å². The Hall–Kier alpha value is -2.10. The van der Waals surface area contributed by atoms with E-state index in [0.29, 0.717) is 17.5 Å². The van der Waals surface area contributed by atoms with Crippen molar-refractivity contribution in [3.05, 3.63) is 75.9 Å². The monoisotopic (exact) mass is 376 g/mol. The van der Waals surface area contributed by atoms with Crippen molar-refractivity contribution in [3.63, 3.8) is 0 Å². The summed E-state index contributed by atoms with van der Waals surface area (Å²) in [5.41, 5.74) is 1.39. The molecule has 4 heteroatoms. The maximum Gasteiger partial charge on any atom is 0.166 e. The van der Waals surface area contributed by atoms with Crippen LogP contribution in [-0.4, -0.2) is 0 Å². The summed E-state index contributed by atoms with van der Waals surface area (Å²) >= 11 is 0. The summed E-state index contributed by atoms with van der Waals surface area (Å²) in [4.78, 5) is 0. The van der Waals surface area contributed by atoms with Gasteiger partial charge in [0.05, 0.1) is 0 Å². The van der Waals surface area contributed by atoms with Crippen LogP contribution in [-0.2, 0) is 6.42 Å². The quantitative estimate of drug-likeness (QED) is 0.499. The van der Waals surface area contributed by atoms with Crippen molar-refractivity contribution in [3.8, 4) is 0 Å². The van der Waals surface area contributed by atoms with E-state index < -0.39 is 23.3 Å². The first-order valence-electron chi connectivity index (χ1n) is 9.51. The van der Waals surface area contributed by atoms with Gasteiger partial charge in [0.15, 0.2) is 23.3 Å². The van der Waals surface area contributed by atoms with Crippen molar-refractivity contribution < 1.29 is 17.6 Å². The van der Waals surface area contributed by atoms with Crippen molar-refractivity contribution in [2.75, 3.05) is 0 Å². The van der Waals surface area contributed by atoms with Gasteiger partial charge in [-0.05, 0) is 67.6 Å². The second kappa shape index (κ2) is 8.28. The lowest BCUT2D eigenvalue weighted by atomic mass is 9.78. The van der Waals surface area contributed by atoms with E-state index in [1.165, 1.54) is 6.92 Å². The fourth-order valence-electron chi connectivity index (χ4n) is 3.84. The van der Waals surface area contributed by atoms with Crippen LogP contribution >= 0.6 is 0 Å². The first-order chi connectivity index (χ1) is 12.9. The molecule has 0 bridgehead atoms. The molecule has 0 nitrogen and oxygen atoms in total. The molecule has 1 aliphatic carbocycles. The zero-order chi connectivity index (χ0) is 19.6. The average molecular weight is 376 g/mol. The van der Waals surface area contributed by atoms with E-state index in [4.69, 9.17) is 0 Å². The molecular weight excluding hydrogens is 352 g/mol. The van der Waals surface area contributed by atoms with Gasteiger partial charge in [-0.15, -0.1) is 0 Å². The molecule has 0 amide bonds. The molecule has 0 atom stereocenters. The molecule has 144 valence electrons. The molecule has 0 saturated heterocycles. The molecule has 27 heavy (non-hydrogen) atoms. The fourth-order valence-corrected chi connectivity index (χ4v) is 3.84. The van der Waals surface area contributed by atoms with E-state index in [-0.39, 0.29) is 23.0 Å². The summed E-state index contributed by atoms with van der Waals surface area (Å²) in [6.45, 7) is 3.33. The molecule has 0 unspecified atom stereocenters. The van der Waals surface area contributed by atoms with Crippen molar-refractivity contribution >= 4 is 6.08 Å². The summed E-state index contributed by atoms with van der Waals surface area (Å²) in [5, 5.41) is 0. The van der Waals surface area contributed by atoms with E-state index in [1.807, 2.05) is 6.08 Å². The average Bonchev–Trinajstić information content (AvgIpc) is 2.68. The number of hydrogen-bond donors (Lipinski definition) is 0. The molecule has 2 aromatic carbocycles. The minimum Gasteiger partial charge on any atom is -0.203 e. The SMILES string of the molecule is CCc1ccc(C2CCC(C=Cc3ccc(C)c(F)c3F)CC2)c(F)c1F. The predicted octanol–water partition coefficient (Wildman–Crippen LogP) is 7.10. The standard InChI is InChI=1S/C23H24F4/c1-3-16-12-13-19(23(27)21(16)25)17-9-5-15(6-10-17)7-11-18-8-4-14(2)20(24)22(18)26/h4,7-8,11-13,15,17H,3,5-6,9-10H2,1-2H3. The zero-order valence-electron chi connectivity index (χ0n) is 15.7. The molecule has 1 fully saturated rings. The Balaban J connectivity index is 1.66. The highest BCUT2D eigenvalue weighted by atomic mass is 19.2. The normalized spacial score (nSPS) is 20.4. The largest absolute Gasteiger partial charge is 0.203 e. The van der Waals surface area contributed by atoms with Gasteiger partial charge in [0, 0.05) is 5.56 Å². The molecule has 0 spiro atoms. The van der Waals surface area contributed by atoms with Gasteiger partial charge in [0.2, 0.25) is 0 Å². The maximum atomic E-state index is 14.3. The third-order valence-electron chi connectivity index (χ3n) is 5.64. The highest BCUT2D eigenvalue weighted by molar-refractivity contribution is 5.51. The van der Waals surface area contributed by atoms with Gasteiger partial charge >= 0.3 is 0 Å². The van der Waals surface area contributed by atoms with E-state index in [0.717, 1.165) is 25.7 Å². The number of aryl methyl sites for hydroxylation is 2. The zero-order valence-corrected chi connectivity index (χ0v) is 15.7. The van der Waals surface area contributed by atoms with Gasteiger partial charge in [-0.25, -0.2) is 17.6 Å². The van der Waals surface area contributed by atoms with E-state index in [1.54, 1.807) is 37.3 Å². The maximum absolute atomic E-state index is 14.3. The van der Waals surface area contributed by atoms with Crippen LogP contribution in [0.15, 0.2) is 30.3 Å². The summed E-state index contributed by atoms with van der Waals surface area (Å²) in [7, 11) is 0. The molecule has 1 aliphatic rings. The minimum absolute atomic E-state index is 0.00334. The fraction of sp³-hybridized carbons (Fsp3) is 0.391. The van der Waals surface area contributed by atoms with E-state index >= 15 is 0 Å². The summed E-state index contributed by atoms with van der Waals surface area (Å²) < 4.78 is 56.0.